The first-order valence-corrected chi connectivity index (χ1v) is 7.50. The highest BCUT2D eigenvalue weighted by atomic mass is 32.2. The van der Waals surface area contributed by atoms with Crippen LogP contribution in [0.25, 0.3) is 0 Å². The van der Waals surface area contributed by atoms with Gasteiger partial charge >= 0.3 is 0 Å². The molecule has 84 valence electrons. The van der Waals surface area contributed by atoms with E-state index in [0.717, 1.165) is 22.5 Å². The maximum Gasteiger partial charge on any atom is 0.191 e. The summed E-state index contributed by atoms with van der Waals surface area (Å²) in [5, 5.41) is 9.39. The molecule has 1 aromatic heterocycles. The fourth-order valence-electron chi connectivity index (χ4n) is 1.46. The summed E-state index contributed by atoms with van der Waals surface area (Å²) in [7, 11) is 0. The lowest BCUT2D eigenvalue weighted by molar-refractivity contribution is 0.626. The van der Waals surface area contributed by atoms with E-state index in [2.05, 4.69) is 21.0 Å². The minimum absolute atomic E-state index is 0.493. The highest BCUT2D eigenvalue weighted by Crippen LogP contribution is 2.38. The minimum Gasteiger partial charge on any atom is -0.324 e. The normalized spacial score (nSPS) is 15.9. The van der Waals surface area contributed by atoms with Crippen LogP contribution in [-0.2, 0) is 6.54 Å². The molecule has 0 bridgehead atoms. The van der Waals surface area contributed by atoms with Crippen LogP contribution in [0.4, 0.5) is 0 Å². The average Bonchev–Trinajstić information content (AvgIpc) is 3.00. The van der Waals surface area contributed by atoms with E-state index >= 15 is 0 Å². The molecule has 6 heteroatoms. The maximum absolute atomic E-state index is 5.65. The Bertz CT molecular complexity index is 322. The Balaban J connectivity index is 2.05. The molecule has 1 aliphatic carbocycles. The first-order valence-electron chi connectivity index (χ1n) is 5.12. The monoisotopic (exact) mass is 244 g/mol. The Kier molecular flexibility index (Phi) is 3.93. The largest absolute Gasteiger partial charge is 0.324 e. The number of rotatable bonds is 6. The second kappa shape index (κ2) is 5.23. The molecule has 1 aliphatic rings. The van der Waals surface area contributed by atoms with Crippen molar-refractivity contribution in [3.8, 4) is 0 Å². The SMILES string of the molecule is CSCCSc1nnc(CN)n1C1CC1. The second-order valence-corrected chi connectivity index (χ2v) is 5.59. The zero-order valence-electron chi connectivity index (χ0n) is 8.85. The van der Waals surface area contributed by atoms with Crippen molar-refractivity contribution in [1.82, 2.24) is 14.8 Å². The third-order valence-corrected chi connectivity index (χ3v) is 4.16. The van der Waals surface area contributed by atoms with Gasteiger partial charge in [-0.25, -0.2) is 0 Å². The molecule has 4 nitrogen and oxygen atoms in total. The quantitative estimate of drug-likeness (QED) is 0.607. The number of hydrogen-bond donors (Lipinski definition) is 1. The average molecular weight is 244 g/mol. The zero-order valence-corrected chi connectivity index (χ0v) is 10.5. The molecule has 1 aromatic rings. The van der Waals surface area contributed by atoms with E-state index in [-0.39, 0.29) is 0 Å². The summed E-state index contributed by atoms with van der Waals surface area (Å²) in [5.74, 6) is 3.18. The van der Waals surface area contributed by atoms with Crippen LogP contribution in [0, 0.1) is 0 Å². The first-order chi connectivity index (χ1) is 7.36. The Morgan fingerprint density at radius 1 is 1.40 bits per heavy atom. The molecule has 0 aliphatic heterocycles. The third kappa shape index (κ3) is 2.68. The van der Waals surface area contributed by atoms with Crippen molar-refractivity contribution in [2.45, 2.75) is 30.6 Å². The molecular formula is C9H16N4S2. The molecular weight excluding hydrogens is 228 g/mol. The van der Waals surface area contributed by atoms with Gasteiger partial charge in [-0.1, -0.05) is 11.8 Å². The van der Waals surface area contributed by atoms with Gasteiger partial charge in [0.15, 0.2) is 5.16 Å². The molecule has 1 heterocycles. The molecule has 15 heavy (non-hydrogen) atoms. The second-order valence-electron chi connectivity index (χ2n) is 3.55. The van der Waals surface area contributed by atoms with Gasteiger partial charge in [-0.3, -0.25) is 0 Å². The molecule has 2 N–H and O–H groups in total. The lowest BCUT2D eigenvalue weighted by Crippen LogP contribution is -2.08. The minimum atomic E-state index is 0.493. The van der Waals surface area contributed by atoms with Crippen LogP contribution in [0.15, 0.2) is 5.16 Å². The van der Waals surface area contributed by atoms with Gasteiger partial charge < -0.3 is 10.3 Å². The van der Waals surface area contributed by atoms with Gasteiger partial charge in [0.25, 0.3) is 0 Å². The summed E-state index contributed by atoms with van der Waals surface area (Å²) in [6.07, 6.45) is 4.62. The van der Waals surface area contributed by atoms with Gasteiger partial charge in [0.05, 0.1) is 6.54 Å². The van der Waals surface area contributed by atoms with Gasteiger partial charge in [0.1, 0.15) is 5.82 Å². The highest BCUT2D eigenvalue weighted by Gasteiger charge is 2.28. The van der Waals surface area contributed by atoms with Gasteiger partial charge in [-0.15, -0.1) is 10.2 Å². The van der Waals surface area contributed by atoms with Crippen molar-refractivity contribution in [2.24, 2.45) is 5.73 Å². The summed E-state index contributed by atoms with van der Waals surface area (Å²) in [4.78, 5) is 0. The smallest absolute Gasteiger partial charge is 0.191 e. The van der Waals surface area contributed by atoms with E-state index < -0.39 is 0 Å². The summed E-state index contributed by atoms with van der Waals surface area (Å²) >= 11 is 3.65. The van der Waals surface area contributed by atoms with Crippen molar-refractivity contribution in [1.29, 1.82) is 0 Å². The predicted molar refractivity (Wildman–Crippen MR) is 65.3 cm³/mol. The first kappa shape index (κ1) is 11.3. The Morgan fingerprint density at radius 2 is 2.20 bits per heavy atom. The third-order valence-electron chi connectivity index (χ3n) is 2.35. The number of hydrogen-bond acceptors (Lipinski definition) is 5. The van der Waals surface area contributed by atoms with Crippen molar-refractivity contribution in [2.75, 3.05) is 17.8 Å². The lowest BCUT2D eigenvalue weighted by atomic mass is 10.5. The Hall–Kier alpha value is -0.200. The predicted octanol–water partition coefficient (Wildman–Crippen LogP) is 1.53. The number of nitrogens with two attached hydrogens (primary N) is 1. The van der Waals surface area contributed by atoms with E-state index in [1.54, 1.807) is 11.8 Å². The summed E-state index contributed by atoms with van der Waals surface area (Å²) in [5.41, 5.74) is 5.65. The molecule has 0 spiro atoms. The molecule has 0 amide bonds. The van der Waals surface area contributed by atoms with Crippen LogP contribution in [0.3, 0.4) is 0 Å². The van der Waals surface area contributed by atoms with Crippen molar-refractivity contribution < 1.29 is 0 Å². The maximum atomic E-state index is 5.65. The Labute approximate surface area is 98.4 Å². The van der Waals surface area contributed by atoms with Crippen LogP contribution in [0.5, 0.6) is 0 Å². The van der Waals surface area contributed by atoms with Crippen LogP contribution >= 0.6 is 23.5 Å². The number of aromatic nitrogens is 3. The fraction of sp³-hybridized carbons (Fsp3) is 0.778. The zero-order chi connectivity index (χ0) is 10.7. The van der Waals surface area contributed by atoms with Crippen molar-refractivity contribution in [3.63, 3.8) is 0 Å². The van der Waals surface area contributed by atoms with Gasteiger partial charge in [0.2, 0.25) is 0 Å². The van der Waals surface area contributed by atoms with Crippen LogP contribution in [0.1, 0.15) is 24.7 Å². The van der Waals surface area contributed by atoms with Crippen molar-refractivity contribution >= 4 is 23.5 Å². The van der Waals surface area contributed by atoms with Gasteiger partial charge in [-0.05, 0) is 19.1 Å². The van der Waals surface area contributed by atoms with Gasteiger partial charge in [0, 0.05) is 17.5 Å². The standard InChI is InChI=1S/C9H16N4S2/c1-14-4-5-15-9-12-11-8(6-10)13(9)7-2-3-7/h7H,2-6,10H2,1H3. The lowest BCUT2D eigenvalue weighted by Gasteiger charge is -2.06. The van der Waals surface area contributed by atoms with Crippen LogP contribution in [0.2, 0.25) is 0 Å². The van der Waals surface area contributed by atoms with Gasteiger partial charge in [-0.2, -0.15) is 11.8 Å². The molecule has 2 rings (SSSR count). The topological polar surface area (TPSA) is 56.7 Å². The van der Waals surface area contributed by atoms with Crippen molar-refractivity contribution in [3.05, 3.63) is 5.82 Å². The molecule has 1 fully saturated rings. The molecule has 0 aromatic carbocycles. The number of nitrogens with zero attached hydrogens (tertiary/aromatic N) is 3. The molecule has 0 radical (unpaired) electrons. The van der Waals surface area contributed by atoms with E-state index in [4.69, 9.17) is 5.73 Å². The summed E-state index contributed by atoms with van der Waals surface area (Å²) in [6.45, 7) is 0.493. The van der Waals surface area contributed by atoms with E-state index in [1.807, 2.05) is 11.8 Å². The van der Waals surface area contributed by atoms with E-state index in [0.29, 0.717) is 12.6 Å². The Morgan fingerprint density at radius 3 is 2.80 bits per heavy atom. The molecule has 0 saturated heterocycles. The molecule has 0 unspecified atom stereocenters. The summed E-state index contributed by atoms with van der Waals surface area (Å²) in [6, 6.07) is 0.621. The van der Waals surface area contributed by atoms with E-state index in [9.17, 15) is 0 Å². The van der Waals surface area contributed by atoms with E-state index in [1.165, 1.54) is 12.8 Å². The van der Waals surface area contributed by atoms with Crippen LogP contribution in [-0.4, -0.2) is 32.5 Å². The summed E-state index contributed by atoms with van der Waals surface area (Å²) < 4.78 is 2.23. The number of thioether (sulfide) groups is 2. The van der Waals surface area contributed by atoms with Crippen LogP contribution < -0.4 is 5.73 Å². The molecule has 1 saturated carbocycles. The highest BCUT2D eigenvalue weighted by molar-refractivity contribution is 8.02. The fourth-order valence-corrected chi connectivity index (χ4v) is 3.14. The molecule has 0 atom stereocenters.